The summed E-state index contributed by atoms with van der Waals surface area (Å²) in [5.74, 6) is 0. The molecule has 2 nitrogen and oxygen atoms in total. The van der Waals surface area contributed by atoms with Gasteiger partial charge in [0.05, 0.1) is 5.52 Å². The molecule has 0 radical (unpaired) electrons. The van der Waals surface area contributed by atoms with E-state index in [2.05, 4.69) is 52.9 Å². The van der Waals surface area contributed by atoms with Gasteiger partial charge in [0.2, 0.25) is 0 Å². The lowest BCUT2D eigenvalue weighted by atomic mass is 10.1. The first-order valence-corrected chi connectivity index (χ1v) is 6.83. The molecule has 0 saturated carbocycles. The summed E-state index contributed by atoms with van der Waals surface area (Å²) < 4.78 is 0. The molecule has 1 aromatic carbocycles. The highest BCUT2D eigenvalue weighted by molar-refractivity contribution is 7.09. The standard InChI is InChI=1S/C15H14N2S/c1-11-6-7-14(13-5-2-8-16-15(11)13)17-10-12-4-3-9-18-12/h2-9,17H,10H2,1H3. The van der Waals surface area contributed by atoms with E-state index in [1.807, 2.05) is 12.3 Å². The molecule has 90 valence electrons. The number of rotatable bonds is 3. The second-order valence-electron chi connectivity index (χ2n) is 4.26. The Labute approximate surface area is 110 Å². The minimum Gasteiger partial charge on any atom is -0.380 e. The van der Waals surface area contributed by atoms with Crippen LogP contribution >= 0.6 is 11.3 Å². The average Bonchev–Trinajstić information content (AvgIpc) is 2.92. The minimum atomic E-state index is 0.866. The fourth-order valence-electron chi connectivity index (χ4n) is 2.06. The van der Waals surface area contributed by atoms with Crippen LogP contribution in [0, 0.1) is 6.92 Å². The summed E-state index contributed by atoms with van der Waals surface area (Å²) in [5.41, 5.74) is 3.44. The largest absolute Gasteiger partial charge is 0.380 e. The summed E-state index contributed by atoms with van der Waals surface area (Å²) >= 11 is 1.77. The third-order valence-corrected chi connectivity index (χ3v) is 3.88. The number of pyridine rings is 1. The summed E-state index contributed by atoms with van der Waals surface area (Å²) in [7, 11) is 0. The number of aryl methyl sites for hydroxylation is 1. The van der Waals surface area contributed by atoms with Gasteiger partial charge in [0, 0.05) is 28.7 Å². The monoisotopic (exact) mass is 254 g/mol. The molecule has 0 bridgehead atoms. The Hall–Kier alpha value is -1.87. The summed E-state index contributed by atoms with van der Waals surface area (Å²) in [5, 5.41) is 6.78. The second kappa shape index (κ2) is 4.78. The zero-order chi connectivity index (χ0) is 12.4. The van der Waals surface area contributed by atoms with Crippen molar-refractivity contribution in [3.63, 3.8) is 0 Å². The van der Waals surface area contributed by atoms with Crippen molar-refractivity contribution < 1.29 is 0 Å². The SMILES string of the molecule is Cc1ccc(NCc2cccs2)c2cccnc12. The van der Waals surface area contributed by atoms with Gasteiger partial charge in [-0.3, -0.25) is 4.98 Å². The highest BCUT2D eigenvalue weighted by atomic mass is 32.1. The van der Waals surface area contributed by atoms with E-state index >= 15 is 0 Å². The number of hydrogen-bond donors (Lipinski definition) is 1. The zero-order valence-electron chi connectivity index (χ0n) is 10.2. The fourth-order valence-corrected chi connectivity index (χ4v) is 2.71. The molecule has 2 aromatic heterocycles. The molecule has 18 heavy (non-hydrogen) atoms. The summed E-state index contributed by atoms with van der Waals surface area (Å²) in [6, 6.07) is 12.6. The molecule has 3 heteroatoms. The molecule has 0 atom stereocenters. The van der Waals surface area contributed by atoms with Crippen molar-refractivity contribution in [2.24, 2.45) is 0 Å². The Morgan fingerprint density at radius 3 is 2.94 bits per heavy atom. The second-order valence-corrected chi connectivity index (χ2v) is 5.29. The predicted molar refractivity (Wildman–Crippen MR) is 78.1 cm³/mol. The van der Waals surface area contributed by atoms with Crippen LogP contribution in [0.5, 0.6) is 0 Å². The minimum absolute atomic E-state index is 0.866. The maximum Gasteiger partial charge on any atom is 0.0751 e. The van der Waals surface area contributed by atoms with E-state index in [9.17, 15) is 0 Å². The maximum absolute atomic E-state index is 4.45. The Balaban J connectivity index is 1.94. The average molecular weight is 254 g/mol. The molecular formula is C15H14N2S. The van der Waals surface area contributed by atoms with E-state index in [-0.39, 0.29) is 0 Å². The molecule has 0 saturated heterocycles. The van der Waals surface area contributed by atoms with Gasteiger partial charge in [-0.25, -0.2) is 0 Å². The summed E-state index contributed by atoms with van der Waals surface area (Å²) in [6.45, 7) is 2.96. The van der Waals surface area contributed by atoms with Crippen LogP contribution in [-0.4, -0.2) is 4.98 Å². The Bertz CT molecular complexity index is 659. The van der Waals surface area contributed by atoms with E-state index in [1.165, 1.54) is 15.8 Å². The molecule has 0 aliphatic heterocycles. The van der Waals surface area contributed by atoms with Gasteiger partial charge < -0.3 is 5.32 Å². The van der Waals surface area contributed by atoms with Crippen LogP contribution in [0.15, 0.2) is 48.0 Å². The van der Waals surface area contributed by atoms with Crippen molar-refractivity contribution in [3.05, 3.63) is 58.4 Å². The smallest absolute Gasteiger partial charge is 0.0751 e. The lowest BCUT2D eigenvalue weighted by Crippen LogP contribution is -1.99. The zero-order valence-corrected chi connectivity index (χ0v) is 11.0. The highest BCUT2D eigenvalue weighted by Gasteiger charge is 2.04. The van der Waals surface area contributed by atoms with Crippen molar-refractivity contribution in [2.45, 2.75) is 13.5 Å². The van der Waals surface area contributed by atoms with Crippen molar-refractivity contribution >= 4 is 27.9 Å². The molecule has 3 aromatic rings. The fraction of sp³-hybridized carbons (Fsp3) is 0.133. The third-order valence-electron chi connectivity index (χ3n) is 3.00. The normalized spacial score (nSPS) is 10.7. The van der Waals surface area contributed by atoms with Crippen LogP contribution in [-0.2, 0) is 6.54 Å². The van der Waals surface area contributed by atoms with Gasteiger partial charge >= 0.3 is 0 Å². The molecule has 3 rings (SSSR count). The number of aromatic nitrogens is 1. The molecule has 1 N–H and O–H groups in total. The molecule has 0 fully saturated rings. The Morgan fingerprint density at radius 2 is 2.11 bits per heavy atom. The topological polar surface area (TPSA) is 24.9 Å². The summed E-state index contributed by atoms with van der Waals surface area (Å²) in [6.07, 6.45) is 1.85. The van der Waals surface area contributed by atoms with Gasteiger partial charge in [-0.05, 0) is 42.1 Å². The van der Waals surface area contributed by atoms with Crippen LogP contribution in [0.3, 0.4) is 0 Å². The Morgan fingerprint density at radius 1 is 1.17 bits per heavy atom. The molecule has 0 aliphatic carbocycles. The van der Waals surface area contributed by atoms with E-state index < -0.39 is 0 Å². The van der Waals surface area contributed by atoms with Gasteiger partial charge in [-0.2, -0.15) is 0 Å². The van der Waals surface area contributed by atoms with Crippen LogP contribution in [0.4, 0.5) is 5.69 Å². The number of benzene rings is 1. The van der Waals surface area contributed by atoms with Crippen LogP contribution < -0.4 is 5.32 Å². The molecule has 0 unspecified atom stereocenters. The number of anilines is 1. The number of nitrogens with one attached hydrogen (secondary N) is 1. The first-order valence-electron chi connectivity index (χ1n) is 5.95. The van der Waals surface area contributed by atoms with Crippen molar-refractivity contribution in [1.29, 1.82) is 0 Å². The van der Waals surface area contributed by atoms with E-state index in [0.29, 0.717) is 0 Å². The summed E-state index contributed by atoms with van der Waals surface area (Å²) in [4.78, 5) is 5.79. The third kappa shape index (κ3) is 2.09. The lowest BCUT2D eigenvalue weighted by molar-refractivity contribution is 1.20. The van der Waals surface area contributed by atoms with Gasteiger partial charge in [-0.1, -0.05) is 12.1 Å². The first-order chi connectivity index (χ1) is 8.84. The van der Waals surface area contributed by atoms with Crippen molar-refractivity contribution in [2.75, 3.05) is 5.32 Å². The molecule has 0 spiro atoms. The molecule has 0 aliphatic rings. The molecule has 2 heterocycles. The van der Waals surface area contributed by atoms with Crippen LogP contribution in [0.1, 0.15) is 10.4 Å². The maximum atomic E-state index is 4.45. The first kappa shape index (κ1) is 11.2. The number of fused-ring (bicyclic) bond motifs is 1. The van der Waals surface area contributed by atoms with Gasteiger partial charge in [-0.15, -0.1) is 11.3 Å². The van der Waals surface area contributed by atoms with E-state index in [1.54, 1.807) is 11.3 Å². The number of thiophene rings is 1. The quantitative estimate of drug-likeness (QED) is 0.757. The van der Waals surface area contributed by atoms with Crippen molar-refractivity contribution in [3.8, 4) is 0 Å². The lowest BCUT2D eigenvalue weighted by Gasteiger charge is -2.10. The van der Waals surface area contributed by atoms with Crippen LogP contribution in [0.2, 0.25) is 0 Å². The van der Waals surface area contributed by atoms with Gasteiger partial charge in [0.15, 0.2) is 0 Å². The van der Waals surface area contributed by atoms with E-state index in [4.69, 9.17) is 0 Å². The molecular weight excluding hydrogens is 240 g/mol. The Kier molecular flexibility index (Phi) is 2.99. The van der Waals surface area contributed by atoms with E-state index in [0.717, 1.165) is 17.7 Å². The van der Waals surface area contributed by atoms with Crippen LogP contribution in [0.25, 0.3) is 10.9 Å². The number of nitrogens with zero attached hydrogens (tertiary/aromatic N) is 1. The highest BCUT2D eigenvalue weighted by Crippen LogP contribution is 2.25. The van der Waals surface area contributed by atoms with Gasteiger partial charge in [0.1, 0.15) is 0 Å². The number of hydrogen-bond acceptors (Lipinski definition) is 3. The molecule has 0 amide bonds. The van der Waals surface area contributed by atoms with Crippen molar-refractivity contribution in [1.82, 2.24) is 4.98 Å². The predicted octanol–water partition coefficient (Wildman–Crippen LogP) is 4.22. The van der Waals surface area contributed by atoms with Gasteiger partial charge in [0.25, 0.3) is 0 Å².